The zero-order valence-corrected chi connectivity index (χ0v) is 8.37. The van der Waals surface area contributed by atoms with E-state index in [-0.39, 0.29) is 23.2 Å². The maximum atomic E-state index is 13.3. The Morgan fingerprint density at radius 1 is 1.33 bits per heavy atom. The number of alkyl halides is 3. The highest BCUT2D eigenvalue weighted by atomic mass is 19.4. The van der Waals surface area contributed by atoms with Crippen LogP contribution in [0, 0.1) is 12.7 Å². The molecular formula is C10H11F4N. The second kappa shape index (κ2) is 3.72. The molecule has 0 aromatic heterocycles. The van der Waals surface area contributed by atoms with Gasteiger partial charge in [0.25, 0.3) is 0 Å². The van der Waals surface area contributed by atoms with Crippen LogP contribution in [-0.4, -0.2) is 0 Å². The molecule has 0 spiro atoms. The average molecular weight is 221 g/mol. The van der Waals surface area contributed by atoms with Crippen LogP contribution in [0.1, 0.15) is 23.6 Å². The van der Waals surface area contributed by atoms with Crippen molar-refractivity contribution in [3.8, 4) is 0 Å². The molecule has 0 amide bonds. The summed E-state index contributed by atoms with van der Waals surface area (Å²) in [5.74, 6) is -0.963. The van der Waals surface area contributed by atoms with Crippen molar-refractivity contribution in [2.75, 3.05) is 5.73 Å². The van der Waals surface area contributed by atoms with E-state index in [1.54, 1.807) is 0 Å². The Labute approximate surface area is 84.9 Å². The Morgan fingerprint density at radius 2 is 1.87 bits per heavy atom. The molecule has 0 fully saturated rings. The van der Waals surface area contributed by atoms with Gasteiger partial charge in [-0.1, -0.05) is 6.92 Å². The Kier molecular flexibility index (Phi) is 2.93. The Hall–Kier alpha value is -1.26. The first kappa shape index (κ1) is 11.8. The fraction of sp³-hybridized carbons (Fsp3) is 0.400. The molecule has 84 valence electrons. The third kappa shape index (κ3) is 2.06. The van der Waals surface area contributed by atoms with E-state index in [0.717, 1.165) is 6.07 Å². The first-order chi connectivity index (χ1) is 6.79. The molecule has 0 aliphatic rings. The smallest absolute Gasteiger partial charge is 0.396 e. The minimum atomic E-state index is -4.54. The number of hydrogen-bond donors (Lipinski definition) is 1. The lowest BCUT2D eigenvalue weighted by Gasteiger charge is -2.16. The van der Waals surface area contributed by atoms with Gasteiger partial charge < -0.3 is 5.73 Å². The van der Waals surface area contributed by atoms with Gasteiger partial charge in [0.1, 0.15) is 5.82 Å². The molecule has 0 saturated carbocycles. The lowest BCUT2D eigenvalue weighted by molar-refractivity contribution is -0.138. The summed E-state index contributed by atoms with van der Waals surface area (Å²) in [5, 5.41) is 0. The van der Waals surface area contributed by atoms with Crippen molar-refractivity contribution >= 4 is 5.69 Å². The Morgan fingerprint density at radius 3 is 2.27 bits per heavy atom. The molecule has 1 aromatic carbocycles. The van der Waals surface area contributed by atoms with Crippen LogP contribution in [0.4, 0.5) is 23.2 Å². The van der Waals surface area contributed by atoms with Crippen LogP contribution in [0.25, 0.3) is 0 Å². The molecule has 0 atom stereocenters. The molecule has 0 saturated heterocycles. The molecule has 0 aliphatic heterocycles. The lowest BCUT2D eigenvalue weighted by Crippen LogP contribution is -2.14. The molecule has 0 aliphatic carbocycles. The molecule has 2 N–H and O–H groups in total. The van der Waals surface area contributed by atoms with Crippen molar-refractivity contribution < 1.29 is 17.6 Å². The lowest BCUT2D eigenvalue weighted by atomic mass is 9.98. The molecule has 0 heterocycles. The monoisotopic (exact) mass is 221 g/mol. The highest BCUT2D eigenvalue weighted by Gasteiger charge is 2.36. The first-order valence-electron chi connectivity index (χ1n) is 4.43. The van der Waals surface area contributed by atoms with Gasteiger partial charge in [-0.2, -0.15) is 13.2 Å². The van der Waals surface area contributed by atoms with E-state index in [1.807, 2.05) is 0 Å². The fourth-order valence-electron chi connectivity index (χ4n) is 1.62. The maximum Gasteiger partial charge on any atom is 0.417 e. The maximum absolute atomic E-state index is 13.3. The van der Waals surface area contributed by atoms with Crippen LogP contribution < -0.4 is 5.73 Å². The highest BCUT2D eigenvalue weighted by molar-refractivity contribution is 5.52. The zero-order valence-electron chi connectivity index (χ0n) is 8.37. The average Bonchev–Trinajstić information content (AvgIpc) is 2.08. The summed E-state index contributed by atoms with van der Waals surface area (Å²) < 4.78 is 51.1. The van der Waals surface area contributed by atoms with E-state index in [0.29, 0.717) is 0 Å². The van der Waals surface area contributed by atoms with Gasteiger partial charge in [0.2, 0.25) is 0 Å². The van der Waals surface area contributed by atoms with E-state index in [1.165, 1.54) is 13.8 Å². The van der Waals surface area contributed by atoms with E-state index in [9.17, 15) is 17.6 Å². The van der Waals surface area contributed by atoms with Gasteiger partial charge in [0.15, 0.2) is 0 Å². The van der Waals surface area contributed by atoms with Crippen molar-refractivity contribution in [3.63, 3.8) is 0 Å². The summed E-state index contributed by atoms with van der Waals surface area (Å²) in [4.78, 5) is 0. The van der Waals surface area contributed by atoms with E-state index >= 15 is 0 Å². The normalized spacial score (nSPS) is 11.9. The zero-order chi connectivity index (χ0) is 11.8. The van der Waals surface area contributed by atoms with Crippen LogP contribution in [0.5, 0.6) is 0 Å². The van der Waals surface area contributed by atoms with Gasteiger partial charge in [-0.15, -0.1) is 0 Å². The largest absolute Gasteiger partial charge is 0.417 e. The van der Waals surface area contributed by atoms with Crippen molar-refractivity contribution in [3.05, 3.63) is 28.6 Å². The minimum absolute atomic E-state index is 0.0352. The number of anilines is 1. The van der Waals surface area contributed by atoms with Gasteiger partial charge in [0.05, 0.1) is 11.3 Å². The fourth-order valence-corrected chi connectivity index (χ4v) is 1.62. The number of aryl methyl sites for hydroxylation is 1. The number of halogens is 4. The second-order valence-corrected chi connectivity index (χ2v) is 3.30. The van der Waals surface area contributed by atoms with E-state index < -0.39 is 17.6 Å². The highest BCUT2D eigenvalue weighted by Crippen LogP contribution is 2.37. The van der Waals surface area contributed by atoms with Crippen molar-refractivity contribution in [2.45, 2.75) is 26.4 Å². The Balaban J connectivity index is 3.57. The van der Waals surface area contributed by atoms with Crippen molar-refractivity contribution in [1.29, 1.82) is 0 Å². The van der Waals surface area contributed by atoms with Crippen LogP contribution >= 0.6 is 0 Å². The first-order valence-corrected chi connectivity index (χ1v) is 4.43. The number of rotatable bonds is 1. The third-order valence-electron chi connectivity index (χ3n) is 2.22. The van der Waals surface area contributed by atoms with Gasteiger partial charge in [-0.05, 0) is 25.0 Å². The standard InChI is InChI=1S/C10H11F4N/c1-3-6-8(10(12,13)14)5(2)4-7(15)9(6)11/h4H,3,15H2,1-2H3. The molecule has 1 aromatic rings. The molecule has 15 heavy (non-hydrogen) atoms. The molecular weight excluding hydrogens is 210 g/mol. The molecule has 0 unspecified atom stereocenters. The van der Waals surface area contributed by atoms with Gasteiger partial charge in [0, 0.05) is 5.56 Å². The summed E-state index contributed by atoms with van der Waals surface area (Å²) >= 11 is 0. The van der Waals surface area contributed by atoms with Crippen LogP contribution in [-0.2, 0) is 12.6 Å². The number of benzene rings is 1. The predicted molar refractivity (Wildman–Crippen MR) is 49.9 cm³/mol. The SMILES string of the molecule is CCc1c(F)c(N)cc(C)c1C(F)(F)F. The second-order valence-electron chi connectivity index (χ2n) is 3.30. The minimum Gasteiger partial charge on any atom is -0.396 e. The molecule has 1 rings (SSSR count). The molecule has 1 nitrogen and oxygen atoms in total. The summed E-state index contributed by atoms with van der Waals surface area (Å²) in [6.07, 6.45) is -4.57. The van der Waals surface area contributed by atoms with Crippen molar-refractivity contribution in [2.24, 2.45) is 0 Å². The number of nitrogens with two attached hydrogens (primary N) is 1. The van der Waals surface area contributed by atoms with Crippen LogP contribution in [0.3, 0.4) is 0 Å². The molecule has 0 bridgehead atoms. The summed E-state index contributed by atoms with van der Waals surface area (Å²) in [5.41, 5.74) is 3.72. The number of hydrogen-bond acceptors (Lipinski definition) is 1. The third-order valence-corrected chi connectivity index (χ3v) is 2.22. The van der Waals surface area contributed by atoms with E-state index in [2.05, 4.69) is 0 Å². The van der Waals surface area contributed by atoms with Gasteiger partial charge in [-0.25, -0.2) is 4.39 Å². The Bertz CT molecular complexity index is 382. The van der Waals surface area contributed by atoms with Gasteiger partial charge in [-0.3, -0.25) is 0 Å². The van der Waals surface area contributed by atoms with Crippen LogP contribution in [0.2, 0.25) is 0 Å². The summed E-state index contributed by atoms with van der Waals surface area (Å²) in [7, 11) is 0. The topological polar surface area (TPSA) is 26.0 Å². The molecule has 5 heteroatoms. The quantitative estimate of drug-likeness (QED) is 0.571. The summed E-state index contributed by atoms with van der Waals surface area (Å²) in [6.45, 7) is 2.74. The predicted octanol–water partition coefficient (Wildman–Crippen LogP) is 3.30. The summed E-state index contributed by atoms with van der Waals surface area (Å²) in [6, 6.07) is 1.01. The van der Waals surface area contributed by atoms with Gasteiger partial charge >= 0.3 is 6.18 Å². The van der Waals surface area contributed by atoms with Crippen LogP contribution in [0.15, 0.2) is 6.07 Å². The van der Waals surface area contributed by atoms with E-state index in [4.69, 9.17) is 5.73 Å². The molecule has 0 radical (unpaired) electrons. The number of nitrogen functional groups attached to an aromatic ring is 1. The van der Waals surface area contributed by atoms with Crippen molar-refractivity contribution in [1.82, 2.24) is 0 Å².